The molecule has 0 radical (unpaired) electrons. The molecule has 2 N–H and O–H groups in total. The van der Waals surface area contributed by atoms with Crippen molar-refractivity contribution in [2.24, 2.45) is 7.05 Å². The zero-order valence-corrected chi connectivity index (χ0v) is 12.4. The van der Waals surface area contributed by atoms with Crippen LogP contribution in [0.4, 0.5) is 4.79 Å². The van der Waals surface area contributed by atoms with Crippen LogP contribution in [0.25, 0.3) is 10.9 Å². The van der Waals surface area contributed by atoms with E-state index in [1.807, 2.05) is 0 Å². The number of benzene rings is 1. The van der Waals surface area contributed by atoms with Crippen LogP contribution >= 0.6 is 0 Å². The molecule has 4 nitrogen and oxygen atoms in total. The molecule has 0 saturated heterocycles. The number of carbonyl (C=O) groups is 1. The van der Waals surface area contributed by atoms with Crippen molar-refractivity contribution >= 4 is 16.9 Å². The van der Waals surface area contributed by atoms with Gasteiger partial charge in [-0.3, -0.25) is 0 Å². The van der Waals surface area contributed by atoms with Crippen molar-refractivity contribution in [3.63, 3.8) is 0 Å². The van der Waals surface area contributed by atoms with Gasteiger partial charge in [0.25, 0.3) is 0 Å². The van der Waals surface area contributed by atoms with Gasteiger partial charge in [0.15, 0.2) is 0 Å². The topological polar surface area (TPSA) is 46.1 Å². The molecule has 1 fully saturated rings. The molecule has 1 saturated carbocycles. The number of para-hydroxylation sites is 1. The highest BCUT2D eigenvalue weighted by molar-refractivity contribution is 5.86. The number of aryl methyl sites for hydroxylation is 1. The zero-order chi connectivity index (χ0) is 14.4. The molecule has 1 atom stereocenters. The van der Waals surface area contributed by atoms with Crippen LogP contribution in [0.15, 0.2) is 24.3 Å². The summed E-state index contributed by atoms with van der Waals surface area (Å²) in [6, 6.07) is 9.23. The van der Waals surface area contributed by atoms with Crippen LogP contribution in [-0.4, -0.2) is 22.7 Å². The molecule has 2 aliphatic rings. The molecule has 1 heterocycles. The number of rotatable bonds is 2. The molecule has 0 spiro atoms. The first-order chi connectivity index (χ1) is 10.2. The van der Waals surface area contributed by atoms with E-state index in [-0.39, 0.29) is 12.1 Å². The van der Waals surface area contributed by atoms with Crippen molar-refractivity contribution in [3.8, 4) is 0 Å². The van der Waals surface area contributed by atoms with Gasteiger partial charge in [-0.05, 0) is 43.7 Å². The second-order valence-electron chi connectivity index (χ2n) is 6.33. The molecule has 21 heavy (non-hydrogen) atoms. The number of nitrogens with zero attached hydrogens (tertiary/aromatic N) is 1. The third-order valence-electron chi connectivity index (χ3n) is 4.77. The maximum absolute atomic E-state index is 11.9. The van der Waals surface area contributed by atoms with Crippen molar-refractivity contribution < 1.29 is 4.79 Å². The molecule has 1 aromatic carbocycles. The predicted molar refractivity (Wildman–Crippen MR) is 83.4 cm³/mol. The summed E-state index contributed by atoms with van der Waals surface area (Å²) in [7, 11) is 2.15. The standard InChI is InChI=1S/C17H21N3O/c1-20-15-5-3-2-4-13(15)14-10-12(8-9-16(14)20)19-17(21)18-11-6-7-11/h2-5,11-12H,6-10H2,1H3,(H2,18,19,21). The van der Waals surface area contributed by atoms with Crippen molar-refractivity contribution in [2.45, 2.75) is 44.2 Å². The maximum Gasteiger partial charge on any atom is 0.315 e. The number of aromatic nitrogens is 1. The van der Waals surface area contributed by atoms with Gasteiger partial charge >= 0.3 is 6.03 Å². The first-order valence-electron chi connectivity index (χ1n) is 7.84. The number of hydrogen-bond acceptors (Lipinski definition) is 1. The van der Waals surface area contributed by atoms with Crippen molar-refractivity contribution in [1.82, 2.24) is 15.2 Å². The minimum absolute atomic E-state index is 0.00573. The lowest BCUT2D eigenvalue weighted by atomic mass is 9.91. The second-order valence-corrected chi connectivity index (χ2v) is 6.33. The molecule has 2 aromatic rings. The lowest BCUT2D eigenvalue weighted by Crippen LogP contribution is -2.45. The molecular formula is C17H21N3O. The smallest absolute Gasteiger partial charge is 0.315 e. The van der Waals surface area contributed by atoms with Crippen molar-refractivity contribution in [2.75, 3.05) is 0 Å². The Morgan fingerprint density at radius 3 is 2.71 bits per heavy atom. The van der Waals surface area contributed by atoms with Gasteiger partial charge in [-0.15, -0.1) is 0 Å². The Balaban J connectivity index is 1.56. The van der Waals surface area contributed by atoms with Gasteiger partial charge in [-0.25, -0.2) is 4.79 Å². The Kier molecular flexibility index (Phi) is 2.91. The fraction of sp³-hybridized carbons (Fsp3) is 0.471. The number of hydrogen-bond donors (Lipinski definition) is 2. The molecular weight excluding hydrogens is 262 g/mol. The van der Waals surface area contributed by atoms with E-state index in [0.717, 1.165) is 32.1 Å². The molecule has 2 aliphatic carbocycles. The van der Waals surface area contributed by atoms with Crippen LogP contribution in [0, 0.1) is 0 Å². The molecule has 1 unspecified atom stereocenters. The molecule has 4 rings (SSSR count). The highest BCUT2D eigenvalue weighted by atomic mass is 16.2. The SMILES string of the molecule is Cn1c2c(c3ccccc31)CC(NC(=O)NC1CC1)CC2. The van der Waals surface area contributed by atoms with E-state index in [4.69, 9.17) is 0 Å². The Morgan fingerprint density at radius 2 is 1.90 bits per heavy atom. The molecule has 2 amide bonds. The molecule has 4 heteroatoms. The first kappa shape index (κ1) is 12.7. The van der Waals surface area contributed by atoms with E-state index in [1.165, 1.54) is 22.2 Å². The number of carbonyl (C=O) groups excluding carboxylic acids is 1. The van der Waals surface area contributed by atoms with Crippen LogP contribution in [0.1, 0.15) is 30.5 Å². The normalized spacial score (nSPS) is 21.1. The zero-order valence-electron chi connectivity index (χ0n) is 12.4. The van der Waals surface area contributed by atoms with Gasteiger partial charge in [-0.1, -0.05) is 18.2 Å². The average molecular weight is 283 g/mol. The Morgan fingerprint density at radius 1 is 1.14 bits per heavy atom. The van der Waals surface area contributed by atoms with E-state index in [0.29, 0.717) is 6.04 Å². The number of amides is 2. The fourth-order valence-electron chi connectivity index (χ4n) is 3.49. The average Bonchev–Trinajstić information content (AvgIpc) is 3.25. The van der Waals surface area contributed by atoms with Gasteiger partial charge in [-0.2, -0.15) is 0 Å². The number of nitrogens with one attached hydrogen (secondary N) is 2. The van der Waals surface area contributed by atoms with Crippen LogP contribution in [0.3, 0.4) is 0 Å². The minimum Gasteiger partial charge on any atom is -0.347 e. The fourth-order valence-corrected chi connectivity index (χ4v) is 3.49. The highest BCUT2D eigenvalue weighted by Crippen LogP contribution is 2.31. The van der Waals surface area contributed by atoms with Crippen molar-refractivity contribution in [1.29, 1.82) is 0 Å². The minimum atomic E-state index is 0.00573. The van der Waals surface area contributed by atoms with E-state index < -0.39 is 0 Å². The quantitative estimate of drug-likeness (QED) is 0.874. The Bertz CT molecular complexity index is 699. The summed E-state index contributed by atoms with van der Waals surface area (Å²) in [6.45, 7) is 0. The van der Waals surface area contributed by atoms with E-state index in [9.17, 15) is 4.79 Å². The summed E-state index contributed by atoms with van der Waals surface area (Å²) in [5.41, 5.74) is 4.14. The second kappa shape index (κ2) is 4.79. The Labute approximate surface area is 124 Å². The monoisotopic (exact) mass is 283 g/mol. The molecule has 1 aromatic heterocycles. The van der Waals surface area contributed by atoms with Gasteiger partial charge in [0.05, 0.1) is 0 Å². The summed E-state index contributed by atoms with van der Waals surface area (Å²) in [5, 5.41) is 7.50. The van der Waals surface area contributed by atoms with Crippen molar-refractivity contribution in [3.05, 3.63) is 35.5 Å². The Hall–Kier alpha value is -1.97. The van der Waals surface area contributed by atoms with E-state index in [1.54, 1.807) is 0 Å². The van der Waals surface area contributed by atoms with Crippen LogP contribution < -0.4 is 10.6 Å². The largest absolute Gasteiger partial charge is 0.347 e. The van der Waals surface area contributed by atoms with E-state index in [2.05, 4.69) is 46.5 Å². The van der Waals surface area contributed by atoms with Gasteiger partial charge in [0.2, 0.25) is 0 Å². The third-order valence-corrected chi connectivity index (χ3v) is 4.77. The lowest BCUT2D eigenvalue weighted by molar-refractivity contribution is 0.235. The summed E-state index contributed by atoms with van der Waals surface area (Å²) in [5.74, 6) is 0. The summed E-state index contributed by atoms with van der Waals surface area (Å²) < 4.78 is 2.31. The lowest BCUT2D eigenvalue weighted by Gasteiger charge is -2.24. The third kappa shape index (κ3) is 2.28. The van der Waals surface area contributed by atoms with Gasteiger partial charge < -0.3 is 15.2 Å². The predicted octanol–water partition coefficient (Wildman–Crippen LogP) is 2.50. The van der Waals surface area contributed by atoms with Crippen LogP contribution in [-0.2, 0) is 19.9 Å². The summed E-state index contributed by atoms with van der Waals surface area (Å²) >= 11 is 0. The van der Waals surface area contributed by atoms with Gasteiger partial charge in [0, 0.05) is 35.7 Å². The summed E-state index contributed by atoms with van der Waals surface area (Å²) in [4.78, 5) is 11.9. The molecule has 0 bridgehead atoms. The van der Waals surface area contributed by atoms with Crippen LogP contribution in [0.5, 0.6) is 0 Å². The first-order valence-corrected chi connectivity index (χ1v) is 7.84. The maximum atomic E-state index is 11.9. The van der Waals surface area contributed by atoms with Gasteiger partial charge in [0.1, 0.15) is 0 Å². The van der Waals surface area contributed by atoms with E-state index >= 15 is 0 Å². The van der Waals surface area contributed by atoms with Crippen LogP contribution in [0.2, 0.25) is 0 Å². The molecule has 0 aliphatic heterocycles. The highest BCUT2D eigenvalue weighted by Gasteiger charge is 2.27. The number of fused-ring (bicyclic) bond motifs is 3. The number of urea groups is 1. The molecule has 110 valence electrons. The summed E-state index contributed by atoms with van der Waals surface area (Å²) in [6.07, 6.45) is 5.26.